The van der Waals surface area contributed by atoms with Crippen LogP contribution in [0.4, 0.5) is 0 Å². The largest absolute Gasteiger partial charge is 0.496 e. The van der Waals surface area contributed by atoms with Crippen LogP contribution >= 0.6 is 0 Å². The smallest absolute Gasteiger partial charge is 0.287 e. The van der Waals surface area contributed by atoms with E-state index in [1.807, 2.05) is 24.3 Å². The Kier molecular flexibility index (Phi) is 5.40. The second-order valence-electron chi connectivity index (χ2n) is 6.31. The quantitative estimate of drug-likeness (QED) is 0.838. The van der Waals surface area contributed by atoms with Crippen LogP contribution < -0.4 is 10.1 Å². The molecule has 1 fully saturated rings. The van der Waals surface area contributed by atoms with Crippen LogP contribution in [0.1, 0.15) is 29.0 Å². The number of hydrogen-bond acceptors (Lipinski definition) is 5. The third-order valence-electron chi connectivity index (χ3n) is 4.75. The number of benzene rings is 1. The predicted molar refractivity (Wildman–Crippen MR) is 93.6 cm³/mol. The monoisotopic (exact) mass is 344 g/mol. The van der Waals surface area contributed by atoms with Gasteiger partial charge in [-0.2, -0.15) is 0 Å². The maximum atomic E-state index is 11.8. The van der Waals surface area contributed by atoms with Crippen LogP contribution in [0, 0.1) is 0 Å². The highest BCUT2D eigenvalue weighted by Crippen LogP contribution is 2.37. The van der Waals surface area contributed by atoms with Crippen molar-refractivity contribution in [1.82, 2.24) is 10.2 Å². The first-order valence-corrected chi connectivity index (χ1v) is 8.52. The Bertz CT molecular complexity index is 691. The molecule has 0 aliphatic carbocycles. The Morgan fingerprint density at radius 3 is 2.72 bits per heavy atom. The van der Waals surface area contributed by atoms with Gasteiger partial charge in [0.2, 0.25) is 0 Å². The Morgan fingerprint density at radius 2 is 2.04 bits per heavy atom. The van der Waals surface area contributed by atoms with Crippen LogP contribution in [0.2, 0.25) is 0 Å². The van der Waals surface area contributed by atoms with Crippen molar-refractivity contribution in [2.75, 3.05) is 33.3 Å². The summed E-state index contributed by atoms with van der Waals surface area (Å²) in [5.41, 5.74) is -0.0103. The van der Waals surface area contributed by atoms with Gasteiger partial charge in [0, 0.05) is 31.7 Å². The maximum Gasteiger partial charge on any atom is 0.287 e. The van der Waals surface area contributed by atoms with Gasteiger partial charge in [-0.3, -0.25) is 4.79 Å². The Labute approximate surface area is 147 Å². The van der Waals surface area contributed by atoms with Crippen molar-refractivity contribution in [2.24, 2.45) is 0 Å². The molecular formula is C19H24N2O4. The fraction of sp³-hybridized carbons (Fsp3) is 0.421. The van der Waals surface area contributed by atoms with Crippen molar-refractivity contribution in [3.05, 3.63) is 54.0 Å². The minimum Gasteiger partial charge on any atom is -0.496 e. The van der Waals surface area contributed by atoms with Gasteiger partial charge in [0.15, 0.2) is 5.76 Å². The zero-order valence-corrected chi connectivity index (χ0v) is 14.4. The van der Waals surface area contributed by atoms with Crippen LogP contribution in [-0.2, 0) is 5.60 Å². The first-order chi connectivity index (χ1) is 12.1. The molecule has 6 heteroatoms. The first kappa shape index (κ1) is 17.5. The fourth-order valence-corrected chi connectivity index (χ4v) is 3.27. The van der Waals surface area contributed by atoms with Crippen molar-refractivity contribution >= 4 is 5.91 Å². The van der Waals surface area contributed by atoms with Gasteiger partial charge in [0.1, 0.15) is 5.75 Å². The van der Waals surface area contributed by atoms with E-state index in [-0.39, 0.29) is 5.91 Å². The molecule has 2 heterocycles. The zero-order valence-electron chi connectivity index (χ0n) is 14.4. The second kappa shape index (κ2) is 7.72. The molecule has 0 saturated carbocycles. The van der Waals surface area contributed by atoms with E-state index in [0.717, 1.165) is 30.9 Å². The number of rotatable bonds is 6. The van der Waals surface area contributed by atoms with Crippen molar-refractivity contribution < 1.29 is 19.1 Å². The van der Waals surface area contributed by atoms with E-state index in [4.69, 9.17) is 9.15 Å². The zero-order chi connectivity index (χ0) is 17.7. The van der Waals surface area contributed by atoms with Crippen molar-refractivity contribution in [3.63, 3.8) is 0 Å². The van der Waals surface area contributed by atoms with Gasteiger partial charge >= 0.3 is 0 Å². The third-order valence-corrected chi connectivity index (χ3v) is 4.75. The topological polar surface area (TPSA) is 74.9 Å². The lowest BCUT2D eigenvalue weighted by Gasteiger charge is -2.39. The summed E-state index contributed by atoms with van der Waals surface area (Å²) in [6.45, 7) is 2.83. The number of carbonyl (C=O) groups excluding carboxylic acids is 1. The molecule has 0 bridgehead atoms. The molecule has 0 spiro atoms. The molecule has 0 atom stereocenters. The van der Waals surface area contributed by atoms with Crippen LogP contribution in [0.5, 0.6) is 5.75 Å². The highest BCUT2D eigenvalue weighted by Gasteiger charge is 2.35. The molecule has 1 saturated heterocycles. The summed E-state index contributed by atoms with van der Waals surface area (Å²) < 4.78 is 10.5. The fourth-order valence-electron chi connectivity index (χ4n) is 3.27. The number of carbonyl (C=O) groups is 1. The van der Waals surface area contributed by atoms with Gasteiger partial charge in [0.05, 0.1) is 19.0 Å². The molecule has 1 aliphatic rings. The lowest BCUT2D eigenvalue weighted by atomic mass is 9.84. The van der Waals surface area contributed by atoms with Crippen LogP contribution in [0.25, 0.3) is 0 Å². The number of likely N-dealkylation sites (tertiary alicyclic amines) is 1. The summed E-state index contributed by atoms with van der Waals surface area (Å²) in [5, 5.41) is 13.9. The summed E-state index contributed by atoms with van der Waals surface area (Å²) in [7, 11) is 1.62. The Balaban J connectivity index is 1.49. The molecule has 1 aliphatic heterocycles. The van der Waals surface area contributed by atoms with E-state index in [1.54, 1.807) is 19.2 Å². The van der Waals surface area contributed by atoms with Gasteiger partial charge in [-0.15, -0.1) is 0 Å². The summed E-state index contributed by atoms with van der Waals surface area (Å²) in [6, 6.07) is 11.0. The molecular weight excluding hydrogens is 320 g/mol. The molecule has 0 radical (unpaired) electrons. The van der Waals surface area contributed by atoms with E-state index < -0.39 is 5.60 Å². The van der Waals surface area contributed by atoms with Gasteiger partial charge in [-0.05, 0) is 31.0 Å². The molecule has 1 aromatic heterocycles. The third kappa shape index (κ3) is 4.03. The van der Waals surface area contributed by atoms with Gasteiger partial charge in [-0.1, -0.05) is 18.2 Å². The number of methoxy groups -OCH3 is 1. The SMILES string of the molecule is COc1ccccc1C1(O)CCN(CCNC(=O)c2ccco2)CC1. The lowest BCUT2D eigenvalue weighted by Crippen LogP contribution is -2.45. The number of hydrogen-bond donors (Lipinski definition) is 2. The standard InChI is InChI=1S/C19H24N2O4/c1-24-16-6-3-2-5-15(16)19(23)8-11-21(12-9-19)13-10-20-18(22)17-7-4-14-25-17/h2-7,14,23H,8-13H2,1H3,(H,20,22). The molecule has 134 valence electrons. The van der Waals surface area contributed by atoms with Crippen LogP contribution in [0.15, 0.2) is 47.1 Å². The highest BCUT2D eigenvalue weighted by molar-refractivity contribution is 5.91. The van der Waals surface area contributed by atoms with Crippen molar-refractivity contribution in [3.8, 4) is 5.75 Å². The van der Waals surface area contributed by atoms with Crippen molar-refractivity contribution in [2.45, 2.75) is 18.4 Å². The number of para-hydroxylation sites is 1. The molecule has 2 N–H and O–H groups in total. The number of piperidine rings is 1. The molecule has 3 rings (SSSR count). The summed E-state index contributed by atoms with van der Waals surface area (Å²) >= 11 is 0. The summed E-state index contributed by atoms with van der Waals surface area (Å²) in [6.07, 6.45) is 2.76. The average molecular weight is 344 g/mol. The Hall–Kier alpha value is -2.31. The lowest BCUT2D eigenvalue weighted by molar-refractivity contribution is -0.0270. The van der Waals surface area contributed by atoms with Gasteiger partial charge in [0.25, 0.3) is 5.91 Å². The van der Waals surface area contributed by atoms with Crippen LogP contribution in [-0.4, -0.2) is 49.2 Å². The van der Waals surface area contributed by atoms with E-state index >= 15 is 0 Å². The van der Waals surface area contributed by atoms with E-state index in [2.05, 4.69) is 10.2 Å². The maximum absolute atomic E-state index is 11.8. The molecule has 2 aromatic rings. The van der Waals surface area contributed by atoms with Crippen molar-refractivity contribution in [1.29, 1.82) is 0 Å². The number of nitrogens with one attached hydrogen (secondary N) is 1. The molecule has 25 heavy (non-hydrogen) atoms. The normalized spacial score (nSPS) is 17.2. The molecule has 6 nitrogen and oxygen atoms in total. The predicted octanol–water partition coefficient (Wildman–Crippen LogP) is 2.00. The molecule has 1 aromatic carbocycles. The number of nitrogens with zero attached hydrogens (tertiary/aromatic N) is 1. The summed E-state index contributed by atoms with van der Waals surface area (Å²) in [5.74, 6) is 0.848. The molecule has 0 unspecified atom stereocenters. The number of aliphatic hydroxyl groups is 1. The highest BCUT2D eigenvalue weighted by atomic mass is 16.5. The number of ether oxygens (including phenoxy) is 1. The van der Waals surface area contributed by atoms with Gasteiger partial charge in [-0.25, -0.2) is 0 Å². The van der Waals surface area contributed by atoms with E-state index in [9.17, 15) is 9.90 Å². The number of amides is 1. The van der Waals surface area contributed by atoms with Crippen LogP contribution in [0.3, 0.4) is 0 Å². The van der Waals surface area contributed by atoms with E-state index in [0.29, 0.717) is 25.1 Å². The minimum absolute atomic E-state index is 0.201. The first-order valence-electron chi connectivity index (χ1n) is 8.52. The van der Waals surface area contributed by atoms with Gasteiger partial charge < -0.3 is 24.5 Å². The van der Waals surface area contributed by atoms with E-state index in [1.165, 1.54) is 6.26 Å². The number of furan rings is 1. The Morgan fingerprint density at radius 1 is 1.28 bits per heavy atom. The molecule has 1 amide bonds. The summed E-state index contributed by atoms with van der Waals surface area (Å²) in [4.78, 5) is 14.1. The average Bonchev–Trinajstić information content (AvgIpc) is 3.18. The second-order valence-corrected chi connectivity index (χ2v) is 6.31. The minimum atomic E-state index is -0.861.